The van der Waals surface area contributed by atoms with Gasteiger partial charge in [0.15, 0.2) is 6.61 Å². The molecule has 0 aromatic heterocycles. The normalized spacial score (nSPS) is 9.50. The van der Waals surface area contributed by atoms with Gasteiger partial charge in [-0.25, -0.2) is 4.79 Å². The minimum atomic E-state index is -0.669. The Bertz CT molecular complexity index is 501. The van der Waals surface area contributed by atoms with E-state index in [1.54, 1.807) is 18.2 Å². The van der Waals surface area contributed by atoms with E-state index >= 15 is 0 Å². The first-order valence-electron chi connectivity index (χ1n) is 5.86. The van der Waals surface area contributed by atoms with Gasteiger partial charge in [-0.3, -0.25) is 9.59 Å². The monoisotopic (exact) mass is 280 g/mol. The molecule has 0 aliphatic carbocycles. The van der Waals surface area contributed by atoms with Crippen LogP contribution >= 0.6 is 0 Å². The highest BCUT2D eigenvalue weighted by atomic mass is 16.5. The summed E-state index contributed by atoms with van der Waals surface area (Å²) in [5, 5.41) is 4.66. The van der Waals surface area contributed by atoms with Gasteiger partial charge >= 0.3 is 5.97 Å². The zero-order valence-corrected chi connectivity index (χ0v) is 11.3. The topological polar surface area (TPSA) is 93.7 Å². The van der Waals surface area contributed by atoms with Crippen LogP contribution in [0.5, 0.6) is 5.75 Å². The average molecular weight is 280 g/mol. The smallest absolute Gasteiger partial charge is 0.342 e. The van der Waals surface area contributed by atoms with Crippen LogP contribution in [0.1, 0.15) is 10.4 Å². The van der Waals surface area contributed by atoms with E-state index in [0.29, 0.717) is 5.75 Å². The predicted molar refractivity (Wildman–Crippen MR) is 70.4 cm³/mol. The van der Waals surface area contributed by atoms with Crippen molar-refractivity contribution in [3.63, 3.8) is 0 Å². The van der Waals surface area contributed by atoms with E-state index in [9.17, 15) is 14.4 Å². The van der Waals surface area contributed by atoms with Crippen LogP contribution in [0.2, 0.25) is 0 Å². The van der Waals surface area contributed by atoms with Crippen molar-refractivity contribution in [1.82, 2.24) is 10.6 Å². The van der Waals surface area contributed by atoms with Gasteiger partial charge < -0.3 is 20.1 Å². The lowest BCUT2D eigenvalue weighted by Gasteiger charge is -2.08. The number of hydrogen-bond donors (Lipinski definition) is 2. The summed E-state index contributed by atoms with van der Waals surface area (Å²) in [7, 11) is 2.89. The van der Waals surface area contributed by atoms with Gasteiger partial charge in [-0.2, -0.15) is 0 Å². The number of nitrogens with one attached hydrogen (secondary N) is 2. The summed E-state index contributed by atoms with van der Waals surface area (Å²) in [6.45, 7) is -0.630. The van der Waals surface area contributed by atoms with E-state index in [1.165, 1.54) is 20.2 Å². The summed E-state index contributed by atoms with van der Waals surface area (Å²) >= 11 is 0. The Morgan fingerprint density at radius 2 is 1.85 bits per heavy atom. The Morgan fingerprint density at radius 1 is 1.15 bits per heavy atom. The molecule has 0 bridgehead atoms. The number of carbonyl (C=O) groups excluding carboxylic acids is 3. The number of methoxy groups -OCH3 is 1. The van der Waals surface area contributed by atoms with Crippen LogP contribution < -0.4 is 15.4 Å². The molecule has 0 saturated heterocycles. The first kappa shape index (κ1) is 15.5. The fourth-order valence-corrected chi connectivity index (χ4v) is 1.34. The fourth-order valence-electron chi connectivity index (χ4n) is 1.34. The van der Waals surface area contributed by atoms with Crippen molar-refractivity contribution in [2.24, 2.45) is 0 Å². The third-order valence-electron chi connectivity index (χ3n) is 2.39. The van der Waals surface area contributed by atoms with Crippen molar-refractivity contribution in [3.05, 3.63) is 29.8 Å². The Morgan fingerprint density at radius 3 is 2.50 bits per heavy atom. The summed E-state index contributed by atoms with van der Waals surface area (Å²) in [5.74, 6) is -1.20. The lowest BCUT2D eigenvalue weighted by Crippen LogP contribution is -2.37. The number of para-hydroxylation sites is 1. The molecular formula is C13H16N2O5. The highest BCUT2D eigenvalue weighted by molar-refractivity contribution is 5.94. The van der Waals surface area contributed by atoms with Crippen LogP contribution in [0.4, 0.5) is 0 Å². The van der Waals surface area contributed by atoms with E-state index in [0.717, 1.165) is 0 Å². The number of ether oxygens (including phenoxy) is 2. The van der Waals surface area contributed by atoms with Crippen LogP contribution in [0.3, 0.4) is 0 Å². The molecule has 0 radical (unpaired) electrons. The number of rotatable bonds is 6. The minimum absolute atomic E-state index is 0.165. The number of carbonyl (C=O) groups is 3. The van der Waals surface area contributed by atoms with Crippen molar-refractivity contribution >= 4 is 17.8 Å². The average Bonchev–Trinajstić information content (AvgIpc) is 2.49. The number of esters is 1. The molecule has 0 aliphatic heterocycles. The van der Waals surface area contributed by atoms with Gasteiger partial charge in [-0.15, -0.1) is 0 Å². The molecule has 0 aliphatic rings. The number of likely N-dealkylation sites (N-methyl/N-ethyl adjacent to an activating group) is 1. The second kappa shape index (κ2) is 7.78. The molecule has 0 spiro atoms. The molecule has 1 aromatic rings. The second-order valence-electron chi connectivity index (χ2n) is 3.73. The van der Waals surface area contributed by atoms with Crippen molar-refractivity contribution < 1.29 is 23.9 Å². The van der Waals surface area contributed by atoms with Crippen LogP contribution in [0.25, 0.3) is 0 Å². The first-order chi connectivity index (χ1) is 9.58. The first-order valence-corrected chi connectivity index (χ1v) is 5.86. The van der Waals surface area contributed by atoms with Crippen LogP contribution in [-0.4, -0.2) is 45.1 Å². The molecule has 20 heavy (non-hydrogen) atoms. The summed E-state index contributed by atoms with van der Waals surface area (Å²) in [6, 6.07) is 6.52. The van der Waals surface area contributed by atoms with Gasteiger partial charge in [0, 0.05) is 7.05 Å². The van der Waals surface area contributed by atoms with Crippen molar-refractivity contribution in [2.75, 3.05) is 27.3 Å². The van der Waals surface area contributed by atoms with E-state index < -0.39 is 18.5 Å². The van der Waals surface area contributed by atoms with E-state index in [-0.39, 0.29) is 18.0 Å². The third kappa shape index (κ3) is 4.60. The van der Waals surface area contributed by atoms with E-state index in [4.69, 9.17) is 9.47 Å². The van der Waals surface area contributed by atoms with Crippen molar-refractivity contribution in [3.8, 4) is 5.75 Å². The number of hydrogen-bond acceptors (Lipinski definition) is 5. The number of amides is 2. The van der Waals surface area contributed by atoms with Crippen molar-refractivity contribution in [1.29, 1.82) is 0 Å². The van der Waals surface area contributed by atoms with Gasteiger partial charge in [0.25, 0.3) is 5.91 Å². The summed E-state index contributed by atoms with van der Waals surface area (Å²) < 4.78 is 9.85. The summed E-state index contributed by atoms with van der Waals surface area (Å²) in [5.41, 5.74) is 0.231. The zero-order chi connectivity index (χ0) is 15.0. The zero-order valence-electron chi connectivity index (χ0n) is 11.3. The molecule has 108 valence electrons. The maximum absolute atomic E-state index is 11.8. The molecule has 0 saturated carbocycles. The Kier molecular flexibility index (Phi) is 6.02. The van der Waals surface area contributed by atoms with Crippen LogP contribution in [0, 0.1) is 0 Å². The summed E-state index contributed by atoms with van der Waals surface area (Å²) in [4.78, 5) is 34.0. The lowest BCUT2D eigenvalue weighted by molar-refractivity contribution is -0.127. The SMILES string of the molecule is CNC(=O)CNC(=O)COC(=O)c1ccccc1OC. The highest BCUT2D eigenvalue weighted by Crippen LogP contribution is 2.17. The number of benzene rings is 1. The van der Waals surface area contributed by atoms with Crippen molar-refractivity contribution in [2.45, 2.75) is 0 Å². The second-order valence-corrected chi connectivity index (χ2v) is 3.73. The Balaban J connectivity index is 2.47. The van der Waals surface area contributed by atoms with Gasteiger partial charge in [0.2, 0.25) is 5.91 Å². The largest absolute Gasteiger partial charge is 0.496 e. The molecule has 1 rings (SSSR count). The Labute approximate surface area is 116 Å². The quantitative estimate of drug-likeness (QED) is 0.699. The van der Waals surface area contributed by atoms with Gasteiger partial charge in [-0.05, 0) is 12.1 Å². The molecule has 1 aromatic carbocycles. The minimum Gasteiger partial charge on any atom is -0.496 e. The standard InChI is InChI=1S/C13H16N2O5/c1-14-11(16)7-15-12(17)8-20-13(18)9-5-3-4-6-10(9)19-2/h3-6H,7-8H2,1-2H3,(H,14,16)(H,15,17). The molecule has 7 nitrogen and oxygen atoms in total. The molecular weight excluding hydrogens is 264 g/mol. The molecule has 2 amide bonds. The summed E-state index contributed by atoms with van der Waals surface area (Å²) in [6.07, 6.45) is 0. The fraction of sp³-hybridized carbons (Fsp3) is 0.308. The van der Waals surface area contributed by atoms with Crippen LogP contribution in [0.15, 0.2) is 24.3 Å². The van der Waals surface area contributed by atoms with E-state index in [2.05, 4.69) is 10.6 Å². The molecule has 0 heterocycles. The van der Waals surface area contributed by atoms with E-state index in [1.807, 2.05) is 0 Å². The highest BCUT2D eigenvalue weighted by Gasteiger charge is 2.14. The predicted octanol–water partition coefficient (Wildman–Crippen LogP) is -0.286. The molecule has 0 fully saturated rings. The maximum atomic E-state index is 11.8. The Hall–Kier alpha value is -2.57. The molecule has 0 unspecified atom stereocenters. The van der Waals surface area contributed by atoms with Crippen LogP contribution in [-0.2, 0) is 14.3 Å². The molecule has 2 N–H and O–H groups in total. The van der Waals surface area contributed by atoms with Gasteiger partial charge in [-0.1, -0.05) is 12.1 Å². The third-order valence-corrected chi connectivity index (χ3v) is 2.39. The molecule has 0 atom stereocenters. The lowest BCUT2D eigenvalue weighted by atomic mass is 10.2. The van der Waals surface area contributed by atoms with Gasteiger partial charge in [0.1, 0.15) is 11.3 Å². The molecule has 7 heteroatoms. The van der Waals surface area contributed by atoms with Gasteiger partial charge in [0.05, 0.1) is 13.7 Å². The maximum Gasteiger partial charge on any atom is 0.342 e.